The Hall–Kier alpha value is -2.65. The van der Waals surface area contributed by atoms with Crippen LogP contribution in [0.2, 0.25) is 0 Å². The Labute approximate surface area is 183 Å². The van der Waals surface area contributed by atoms with Gasteiger partial charge in [-0.25, -0.2) is 18.4 Å². The fraction of sp³-hybridized carbons (Fsp3) is 0.455. The summed E-state index contributed by atoms with van der Waals surface area (Å²) in [6.07, 6.45) is 4.80. The molecule has 1 N–H and O–H groups in total. The molecular weight excluding hydrogens is 414 g/mol. The highest BCUT2D eigenvalue weighted by Crippen LogP contribution is 2.31. The molecule has 0 saturated carbocycles. The van der Waals surface area contributed by atoms with Crippen molar-refractivity contribution < 1.29 is 13.2 Å². The minimum atomic E-state index is -3.61. The van der Waals surface area contributed by atoms with E-state index in [9.17, 15) is 8.42 Å². The lowest BCUT2D eigenvalue weighted by atomic mass is 10.2. The number of sulfonamides is 1. The SMILES string of the molecule is CCOc1ccc(NCc2cn3c(C)cc(C)nc3n2)cc1S(=O)(=O)N1CCCCC1. The van der Waals surface area contributed by atoms with Crippen LogP contribution in [0, 0.1) is 13.8 Å². The van der Waals surface area contributed by atoms with E-state index >= 15 is 0 Å². The van der Waals surface area contributed by atoms with E-state index in [4.69, 9.17) is 4.74 Å². The first-order valence-corrected chi connectivity index (χ1v) is 12.2. The molecule has 1 aliphatic rings. The molecule has 0 atom stereocenters. The second kappa shape index (κ2) is 8.84. The Morgan fingerprint density at radius 3 is 2.61 bits per heavy atom. The molecule has 3 heterocycles. The normalized spacial score (nSPS) is 15.3. The van der Waals surface area contributed by atoms with Crippen molar-refractivity contribution in [3.8, 4) is 5.75 Å². The molecule has 3 aromatic rings. The molecule has 0 amide bonds. The second-order valence-electron chi connectivity index (χ2n) is 7.85. The highest BCUT2D eigenvalue weighted by atomic mass is 32.2. The molecule has 0 bridgehead atoms. The highest BCUT2D eigenvalue weighted by Gasteiger charge is 2.29. The molecule has 2 aromatic heterocycles. The van der Waals surface area contributed by atoms with Crippen LogP contribution < -0.4 is 10.1 Å². The number of nitrogens with one attached hydrogen (secondary N) is 1. The van der Waals surface area contributed by atoms with Gasteiger partial charge in [-0.2, -0.15) is 4.31 Å². The zero-order chi connectivity index (χ0) is 22.0. The first kappa shape index (κ1) is 21.6. The number of aromatic nitrogens is 3. The average molecular weight is 444 g/mol. The van der Waals surface area contributed by atoms with Crippen LogP contribution in [0.15, 0.2) is 35.4 Å². The molecule has 1 aromatic carbocycles. The van der Waals surface area contributed by atoms with Gasteiger partial charge in [0.1, 0.15) is 10.6 Å². The van der Waals surface area contributed by atoms with E-state index in [-0.39, 0.29) is 4.90 Å². The van der Waals surface area contributed by atoms with Gasteiger partial charge < -0.3 is 10.1 Å². The van der Waals surface area contributed by atoms with Crippen molar-refractivity contribution in [1.29, 1.82) is 0 Å². The molecule has 0 radical (unpaired) electrons. The number of aryl methyl sites for hydroxylation is 2. The minimum absolute atomic E-state index is 0.212. The monoisotopic (exact) mass is 443 g/mol. The van der Waals surface area contributed by atoms with Gasteiger partial charge in [0, 0.05) is 36.4 Å². The van der Waals surface area contributed by atoms with E-state index in [2.05, 4.69) is 15.3 Å². The fourth-order valence-corrected chi connectivity index (χ4v) is 5.61. The summed E-state index contributed by atoms with van der Waals surface area (Å²) in [5.41, 5.74) is 3.53. The van der Waals surface area contributed by atoms with Gasteiger partial charge in [0.2, 0.25) is 15.8 Å². The van der Waals surface area contributed by atoms with Crippen LogP contribution in [-0.4, -0.2) is 46.8 Å². The number of hydrogen-bond acceptors (Lipinski definition) is 6. The Kier molecular flexibility index (Phi) is 6.15. The number of piperidine rings is 1. The number of imidazole rings is 1. The van der Waals surface area contributed by atoms with Crippen LogP contribution in [0.3, 0.4) is 0 Å². The van der Waals surface area contributed by atoms with Gasteiger partial charge in [-0.1, -0.05) is 6.42 Å². The van der Waals surface area contributed by atoms with Crippen molar-refractivity contribution in [2.24, 2.45) is 0 Å². The molecule has 0 aliphatic carbocycles. The van der Waals surface area contributed by atoms with Gasteiger partial charge in [-0.05, 0) is 57.9 Å². The molecule has 4 rings (SSSR count). The van der Waals surface area contributed by atoms with Gasteiger partial charge >= 0.3 is 0 Å². The van der Waals surface area contributed by atoms with Crippen molar-refractivity contribution in [3.05, 3.63) is 47.5 Å². The van der Waals surface area contributed by atoms with E-state index in [1.165, 1.54) is 0 Å². The van der Waals surface area contributed by atoms with Gasteiger partial charge in [0.05, 0.1) is 18.8 Å². The number of fused-ring (bicyclic) bond motifs is 1. The van der Waals surface area contributed by atoms with Gasteiger partial charge in [0.15, 0.2) is 0 Å². The lowest BCUT2D eigenvalue weighted by molar-refractivity contribution is 0.323. The predicted octanol–water partition coefficient (Wildman–Crippen LogP) is 3.53. The summed E-state index contributed by atoms with van der Waals surface area (Å²) in [5, 5.41) is 3.30. The number of ether oxygens (including phenoxy) is 1. The van der Waals surface area contributed by atoms with E-state index in [1.807, 2.05) is 43.5 Å². The summed E-state index contributed by atoms with van der Waals surface area (Å²) in [5.74, 6) is 1.05. The Morgan fingerprint density at radius 2 is 1.87 bits per heavy atom. The van der Waals surface area contributed by atoms with Crippen molar-refractivity contribution in [2.45, 2.75) is 51.5 Å². The molecule has 8 nitrogen and oxygen atoms in total. The Balaban J connectivity index is 1.59. The summed E-state index contributed by atoms with van der Waals surface area (Å²) in [4.78, 5) is 9.26. The Morgan fingerprint density at radius 1 is 1.10 bits per heavy atom. The predicted molar refractivity (Wildman–Crippen MR) is 120 cm³/mol. The summed E-state index contributed by atoms with van der Waals surface area (Å²) in [6, 6.07) is 7.24. The van der Waals surface area contributed by atoms with Gasteiger partial charge in [-0.15, -0.1) is 0 Å². The first-order valence-electron chi connectivity index (χ1n) is 10.7. The van der Waals surface area contributed by atoms with Crippen LogP contribution in [0.5, 0.6) is 5.75 Å². The minimum Gasteiger partial charge on any atom is -0.492 e. The summed E-state index contributed by atoms with van der Waals surface area (Å²) >= 11 is 0. The van der Waals surface area contributed by atoms with Crippen LogP contribution in [0.1, 0.15) is 43.3 Å². The molecule has 0 spiro atoms. The molecular formula is C22H29N5O3S. The number of nitrogens with zero attached hydrogens (tertiary/aromatic N) is 4. The van der Waals surface area contributed by atoms with Crippen molar-refractivity contribution >= 4 is 21.5 Å². The van der Waals surface area contributed by atoms with Crippen molar-refractivity contribution in [1.82, 2.24) is 18.7 Å². The van der Waals surface area contributed by atoms with Gasteiger partial charge in [-0.3, -0.25) is 4.40 Å². The van der Waals surface area contributed by atoms with E-state index in [0.717, 1.165) is 36.3 Å². The lowest BCUT2D eigenvalue weighted by Gasteiger charge is -2.27. The third-order valence-corrected chi connectivity index (χ3v) is 7.38. The second-order valence-corrected chi connectivity index (χ2v) is 9.76. The molecule has 9 heteroatoms. The molecule has 166 valence electrons. The third-order valence-electron chi connectivity index (χ3n) is 5.46. The van der Waals surface area contributed by atoms with Crippen LogP contribution >= 0.6 is 0 Å². The Bertz CT molecular complexity index is 1180. The van der Waals surface area contributed by atoms with Crippen LogP contribution in [0.25, 0.3) is 5.78 Å². The smallest absolute Gasteiger partial charge is 0.246 e. The van der Waals surface area contributed by atoms with Gasteiger partial charge in [0.25, 0.3) is 0 Å². The van der Waals surface area contributed by atoms with Crippen molar-refractivity contribution in [2.75, 3.05) is 25.0 Å². The topological polar surface area (TPSA) is 88.8 Å². The number of rotatable bonds is 7. The molecule has 1 saturated heterocycles. The third kappa shape index (κ3) is 4.52. The number of anilines is 1. The van der Waals surface area contributed by atoms with Crippen molar-refractivity contribution in [3.63, 3.8) is 0 Å². The van der Waals surface area contributed by atoms with Crippen LogP contribution in [0.4, 0.5) is 5.69 Å². The molecule has 0 unspecified atom stereocenters. The summed E-state index contributed by atoms with van der Waals surface area (Å²) < 4.78 is 35.7. The molecule has 31 heavy (non-hydrogen) atoms. The average Bonchev–Trinajstić information content (AvgIpc) is 3.17. The maximum absolute atomic E-state index is 13.3. The van der Waals surface area contributed by atoms with E-state index < -0.39 is 10.0 Å². The maximum atomic E-state index is 13.3. The molecule has 1 aliphatic heterocycles. The summed E-state index contributed by atoms with van der Waals surface area (Å²) in [7, 11) is -3.61. The zero-order valence-corrected chi connectivity index (χ0v) is 19.1. The summed E-state index contributed by atoms with van der Waals surface area (Å²) in [6.45, 7) is 7.79. The fourth-order valence-electron chi connectivity index (χ4n) is 3.93. The lowest BCUT2D eigenvalue weighted by Crippen LogP contribution is -2.35. The van der Waals surface area contributed by atoms with E-state index in [1.54, 1.807) is 16.4 Å². The number of hydrogen-bond donors (Lipinski definition) is 1. The first-order chi connectivity index (χ1) is 14.9. The highest BCUT2D eigenvalue weighted by molar-refractivity contribution is 7.89. The van der Waals surface area contributed by atoms with Crippen LogP contribution in [-0.2, 0) is 16.6 Å². The zero-order valence-electron chi connectivity index (χ0n) is 18.3. The largest absolute Gasteiger partial charge is 0.492 e. The van der Waals surface area contributed by atoms with E-state index in [0.29, 0.717) is 43.5 Å². The standard InChI is InChI=1S/C22H29N5O3S/c1-4-30-20-9-8-18(13-21(20)31(28,29)26-10-6-5-7-11-26)23-14-19-15-27-17(3)12-16(2)24-22(27)25-19/h8-9,12-13,15,23H,4-7,10-11,14H2,1-3H3. The number of benzene rings is 1. The molecule has 1 fully saturated rings. The maximum Gasteiger partial charge on any atom is 0.246 e. The quantitative estimate of drug-likeness (QED) is 0.601.